The van der Waals surface area contributed by atoms with Crippen LogP contribution in [0.2, 0.25) is 0 Å². The molecule has 6 nitrogen and oxygen atoms in total. The number of carbonyl (C=O) groups is 1. The summed E-state index contributed by atoms with van der Waals surface area (Å²) >= 11 is 0. The number of aromatic nitrogens is 2. The van der Waals surface area contributed by atoms with E-state index < -0.39 is 23.7 Å². The molecule has 0 saturated heterocycles. The molecule has 0 radical (unpaired) electrons. The van der Waals surface area contributed by atoms with Crippen molar-refractivity contribution < 1.29 is 13.6 Å². The summed E-state index contributed by atoms with van der Waals surface area (Å²) in [6, 6.07) is 2.40. The first-order valence-corrected chi connectivity index (χ1v) is 7.12. The van der Waals surface area contributed by atoms with Crippen LogP contribution < -0.4 is 5.73 Å². The van der Waals surface area contributed by atoms with Crippen molar-refractivity contribution in [1.82, 2.24) is 14.5 Å². The first-order valence-electron chi connectivity index (χ1n) is 7.12. The highest BCUT2D eigenvalue weighted by molar-refractivity contribution is 6.03. The fourth-order valence-electron chi connectivity index (χ4n) is 2.63. The number of hydrogen-bond donors (Lipinski definition) is 1. The van der Waals surface area contributed by atoms with Gasteiger partial charge < -0.3 is 15.2 Å². The summed E-state index contributed by atoms with van der Waals surface area (Å²) in [4.78, 5) is 21.0. The van der Waals surface area contributed by atoms with Crippen molar-refractivity contribution in [3.63, 3.8) is 0 Å². The minimum Gasteiger partial charge on any atom is -0.385 e. The van der Waals surface area contributed by atoms with Crippen LogP contribution in [0.5, 0.6) is 0 Å². The summed E-state index contributed by atoms with van der Waals surface area (Å²) in [5.41, 5.74) is 5.77. The fraction of sp³-hybridized carbons (Fsp3) is 0.267. The topological polar surface area (TPSA) is 76.5 Å². The van der Waals surface area contributed by atoms with E-state index in [-0.39, 0.29) is 11.4 Å². The Morgan fingerprint density at radius 3 is 2.83 bits per heavy atom. The molecule has 0 saturated carbocycles. The van der Waals surface area contributed by atoms with E-state index >= 15 is 0 Å². The third kappa shape index (κ3) is 2.92. The number of amides is 2. The third-order valence-electron chi connectivity index (χ3n) is 3.71. The minimum atomic E-state index is -1.01. The molecule has 1 atom stereocenters. The van der Waals surface area contributed by atoms with E-state index in [0.717, 1.165) is 6.07 Å². The molecule has 2 N–H and O–H groups in total. The zero-order valence-electron chi connectivity index (χ0n) is 12.2. The number of nitrogens with zero attached hydrogens (tertiary/aromatic N) is 4. The van der Waals surface area contributed by atoms with Gasteiger partial charge in [0.15, 0.2) is 11.6 Å². The van der Waals surface area contributed by atoms with Crippen molar-refractivity contribution in [2.75, 3.05) is 6.54 Å². The number of rotatable bonds is 5. The molecule has 120 valence electrons. The van der Waals surface area contributed by atoms with Gasteiger partial charge in [0.25, 0.3) is 0 Å². The van der Waals surface area contributed by atoms with Crippen LogP contribution in [0, 0.1) is 11.6 Å². The second kappa shape index (κ2) is 6.15. The smallest absolute Gasteiger partial charge is 0.346 e. The Labute approximate surface area is 131 Å². The van der Waals surface area contributed by atoms with Gasteiger partial charge >= 0.3 is 6.03 Å². The lowest BCUT2D eigenvalue weighted by molar-refractivity contribution is 0.203. The monoisotopic (exact) mass is 319 g/mol. The molecule has 0 aliphatic carbocycles. The van der Waals surface area contributed by atoms with Gasteiger partial charge in [-0.1, -0.05) is 12.1 Å². The molecule has 2 heterocycles. The molecule has 23 heavy (non-hydrogen) atoms. The van der Waals surface area contributed by atoms with Gasteiger partial charge in [0.2, 0.25) is 0 Å². The van der Waals surface area contributed by atoms with Crippen LogP contribution >= 0.6 is 0 Å². The lowest BCUT2D eigenvalue weighted by atomic mass is 10.0. The Balaban J connectivity index is 1.77. The van der Waals surface area contributed by atoms with Crippen molar-refractivity contribution in [1.29, 1.82) is 0 Å². The number of amidine groups is 1. The Morgan fingerprint density at radius 1 is 1.26 bits per heavy atom. The van der Waals surface area contributed by atoms with Gasteiger partial charge in [-0.2, -0.15) is 4.99 Å². The molecule has 1 unspecified atom stereocenters. The molecule has 3 rings (SSSR count). The summed E-state index contributed by atoms with van der Waals surface area (Å²) in [6.45, 7) is 0.962. The maximum atomic E-state index is 14.0. The number of hydrogen-bond acceptors (Lipinski definition) is 3. The van der Waals surface area contributed by atoms with Crippen LogP contribution in [0.25, 0.3) is 0 Å². The molecule has 2 aromatic rings. The largest absolute Gasteiger partial charge is 0.385 e. The van der Waals surface area contributed by atoms with E-state index in [2.05, 4.69) is 9.98 Å². The quantitative estimate of drug-likeness (QED) is 0.916. The molecular weight excluding hydrogens is 304 g/mol. The Hall–Kier alpha value is -2.77. The van der Waals surface area contributed by atoms with Crippen LogP contribution in [0.1, 0.15) is 18.0 Å². The van der Waals surface area contributed by atoms with Gasteiger partial charge in [-0.05, 0) is 12.5 Å². The standard InChI is InChI=1S/C15H15F2N5O/c16-11-4-1-3-10(12(11)17)13-14(18)20-15(23)22(13)7-2-6-21-8-5-19-9-21/h1,3-5,8-9,13H,2,6-7H2,(H2,18,20,23). The average molecular weight is 319 g/mol. The lowest BCUT2D eigenvalue weighted by Crippen LogP contribution is -2.35. The lowest BCUT2D eigenvalue weighted by Gasteiger charge is -2.25. The van der Waals surface area contributed by atoms with Crippen LogP contribution in [-0.4, -0.2) is 32.9 Å². The molecular formula is C15H15F2N5O. The Bertz CT molecular complexity index is 744. The van der Waals surface area contributed by atoms with E-state index in [9.17, 15) is 13.6 Å². The molecule has 0 spiro atoms. The highest BCUT2D eigenvalue weighted by atomic mass is 19.2. The predicted molar refractivity (Wildman–Crippen MR) is 79.7 cm³/mol. The first-order chi connectivity index (χ1) is 11.1. The van der Waals surface area contributed by atoms with E-state index in [1.807, 2.05) is 4.57 Å². The summed E-state index contributed by atoms with van der Waals surface area (Å²) in [5, 5.41) is 0. The zero-order chi connectivity index (χ0) is 16.4. The SMILES string of the molecule is NC1=NC(=O)N(CCCn2ccnc2)C1c1cccc(F)c1F. The van der Waals surface area contributed by atoms with Gasteiger partial charge in [0, 0.05) is 31.0 Å². The van der Waals surface area contributed by atoms with Crippen LogP contribution in [0.3, 0.4) is 0 Å². The van der Waals surface area contributed by atoms with Gasteiger partial charge in [-0.25, -0.2) is 18.6 Å². The summed E-state index contributed by atoms with van der Waals surface area (Å²) < 4.78 is 29.4. The minimum absolute atomic E-state index is 0.0136. The Morgan fingerprint density at radius 2 is 2.09 bits per heavy atom. The maximum absolute atomic E-state index is 14.0. The van der Waals surface area contributed by atoms with Crippen LogP contribution in [0.15, 0.2) is 41.9 Å². The Kier molecular flexibility index (Phi) is 4.05. The number of aryl methyl sites for hydroxylation is 1. The average Bonchev–Trinajstić information content (AvgIpc) is 3.11. The summed E-state index contributed by atoms with van der Waals surface area (Å²) in [7, 11) is 0. The number of urea groups is 1. The summed E-state index contributed by atoms with van der Waals surface area (Å²) in [5.74, 6) is -2.01. The van der Waals surface area contributed by atoms with Crippen molar-refractivity contribution in [3.05, 3.63) is 54.1 Å². The van der Waals surface area contributed by atoms with Crippen LogP contribution in [0.4, 0.5) is 13.6 Å². The number of imidazole rings is 1. The normalized spacial score (nSPS) is 17.7. The molecule has 0 fully saturated rings. The van der Waals surface area contributed by atoms with Gasteiger partial charge in [0.1, 0.15) is 11.9 Å². The molecule has 1 aliphatic rings. The zero-order valence-corrected chi connectivity index (χ0v) is 12.2. The second-order valence-electron chi connectivity index (χ2n) is 5.21. The van der Waals surface area contributed by atoms with E-state index in [4.69, 9.17) is 5.73 Å². The second-order valence-corrected chi connectivity index (χ2v) is 5.21. The molecule has 1 aromatic heterocycles. The number of halogens is 2. The number of carbonyl (C=O) groups excluding carboxylic acids is 1. The van der Waals surface area contributed by atoms with Crippen LogP contribution in [-0.2, 0) is 6.54 Å². The van der Waals surface area contributed by atoms with Crippen molar-refractivity contribution in [3.8, 4) is 0 Å². The number of aliphatic imine (C=N–C) groups is 1. The van der Waals surface area contributed by atoms with Crippen molar-refractivity contribution in [2.45, 2.75) is 19.0 Å². The van der Waals surface area contributed by atoms with Gasteiger partial charge in [0.05, 0.1) is 6.33 Å². The van der Waals surface area contributed by atoms with E-state index in [0.29, 0.717) is 19.5 Å². The molecule has 2 amide bonds. The fourth-order valence-corrected chi connectivity index (χ4v) is 2.63. The van der Waals surface area contributed by atoms with E-state index in [1.54, 1.807) is 18.7 Å². The first kappa shape index (κ1) is 15.1. The van der Waals surface area contributed by atoms with Gasteiger partial charge in [-0.3, -0.25) is 0 Å². The molecule has 8 heteroatoms. The summed E-state index contributed by atoms with van der Waals surface area (Å²) in [6.07, 6.45) is 5.74. The molecule has 1 aliphatic heterocycles. The highest BCUT2D eigenvalue weighted by Crippen LogP contribution is 2.29. The van der Waals surface area contributed by atoms with E-state index in [1.165, 1.54) is 17.0 Å². The highest BCUT2D eigenvalue weighted by Gasteiger charge is 2.36. The molecule has 1 aromatic carbocycles. The molecule has 0 bridgehead atoms. The third-order valence-corrected chi connectivity index (χ3v) is 3.71. The number of nitrogens with two attached hydrogens (primary N) is 1. The predicted octanol–water partition coefficient (Wildman–Crippen LogP) is 2.09. The van der Waals surface area contributed by atoms with Crippen molar-refractivity contribution in [2.24, 2.45) is 10.7 Å². The maximum Gasteiger partial charge on any atom is 0.346 e. The van der Waals surface area contributed by atoms with Crippen molar-refractivity contribution >= 4 is 11.9 Å². The number of benzene rings is 1. The van der Waals surface area contributed by atoms with Gasteiger partial charge in [-0.15, -0.1) is 0 Å².